The second-order valence-corrected chi connectivity index (χ2v) is 4.72. The Morgan fingerprint density at radius 1 is 0.867 bits per heavy atom. The minimum atomic E-state index is 1.01. The Morgan fingerprint density at radius 2 is 1.40 bits per heavy atom. The molecule has 90 valence electrons. The van der Waals surface area contributed by atoms with Crippen molar-refractivity contribution in [1.29, 1.82) is 0 Å². The minimum Gasteiger partial charge on any atom is -0.103 e. The SMILES string of the molecule is C=CCCCCC(CCCC)CCCC. The van der Waals surface area contributed by atoms with Gasteiger partial charge in [-0.05, 0) is 18.8 Å². The van der Waals surface area contributed by atoms with Gasteiger partial charge in [0.2, 0.25) is 0 Å². The maximum atomic E-state index is 3.78. The van der Waals surface area contributed by atoms with Crippen molar-refractivity contribution in [2.24, 2.45) is 5.92 Å². The van der Waals surface area contributed by atoms with E-state index in [9.17, 15) is 0 Å². The molecular formula is C15H30. The summed E-state index contributed by atoms with van der Waals surface area (Å²) in [6, 6.07) is 0. The van der Waals surface area contributed by atoms with Gasteiger partial charge in [-0.1, -0.05) is 71.3 Å². The van der Waals surface area contributed by atoms with E-state index in [4.69, 9.17) is 0 Å². The zero-order chi connectivity index (χ0) is 11.4. The average Bonchev–Trinajstić information content (AvgIpc) is 2.27. The average molecular weight is 210 g/mol. The van der Waals surface area contributed by atoms with Crippen LogP contribution in [0, 0.1) is 5.92 Å². The van der Waals surface area contributed by atoms with E-state index >= 15 is 0 Å². The van der Waals surface area contributed by atoms with Gasteiger partial charge in [-0.15, -0.1) is 6.58 Å². The molecule has 0 nitrogen and oxygen atoms in total. The van der Waals surface area contributed by atoms with Crippen LogP contribution in [0.25, 0.3) is 0 Å². The summed E-state index contributed by atoms with van der Waals surface area (Å²) in [4.78, 5) is 0. The highest BCUT2D eigenvalue weighted by atomic mass is 14.1. The van der Waals surface area contributed by atoms with Crippen molar-refractivity contribution in [3.8, 4) is 0 Å². The lowest BCUT2D eigenvalue weighted by molar-refractivity contribution is 0.380. The fraction of sp³-hybridized carbons (Fsp3) is 0.867. The first-order valence-corrected chi connectivity index (χ1v) is 6.96. The van der Waals surface area contributed by atoms with Crippen molar-refractivity contribution in [2.75, 3.05) is 0 Å². The lowest BCUT2D eigenvalue weighted by Gasteiger charge is -2.15. The number of hydrogen-bond acceptors (Lipinski definition) is 0. The maximum absolute atomic E-state index is 3.78. The number of rotatable bonds is 11. The largest absolute Gasteiger partial charge is 0.103 e. The monoisotopic (exact) mass is 210 g/mol. The van der Waals surface area contributed by atoms with Gasteiger partial charge in [0.05, 0.1) is 0 Å². The molecule has 0 heterocycles. The quantitative estimate of drug-likeness (QED) is 0.302. The molecule has 0 bridgehead atoms. The van der Waals surface area contributed by atoms with E-state index in [1.807, 2.05) is 6.08 Å². The molecule has 0 saturated carbocycles. The van der Waals surface area contributed by atoms with Crippen LogP contribution in [0.4, 0.5) is 0 Å². The third kappa shape index (κ3) is 10.0. The molecule has 0 saturated heterocycles. The van der Waals surface area contributed by atoms with Gasteiger partial charge in [0.1, 0.15) is 0 Å². The van der Waals surface area contributed by atoms with Gasteiger partial charge in [-0.2, -0.15) is 0 Å². The normalized spacial score (nSPS) is 10.9. The van der Waals surface area contributed by atoms with Crippen molar-refractivity contribution < 1.29 is 0 Å². The van der Waals surface area contributed by atoms with Crippen molar-refractivity contribution in [2.45, 2.75) is 78.1 Å². The van der Waals surface area contributed by atoms with Gasteiger partial charge in [0.25, 0.3) is 0 Å². The van der Waals surface area contributed by atoms with Crippen molar-refractivity contribution in [3.63, 3.8) is 0 Å². The predicted octanol–water partition coefficient (Wildman–Crippen LogP) is 5.73. The summed E-state index contributed by atoms with van der Waals surface area (Å²) in [6.07, 6.45) is 15.9. The summed E-state index contributed by atoms with van der Waals surface area (Å²) in [5, 5.41) is 0. The summed E-state index contributed by atoms with van der Waals surface area (Å²) >= 11 is 0. The molecule has 0 N–H and O–H groups in total. The Labute approximate surface area is 97.2 Å². The van der Waals surface area contributed by atoms with E-state index in [1.54, 1.807) is 0 Å². The number of allylic oxidation sites excluding steroid dienone is 1. The Bertz CT molecular complexity index is 118. The molecule has 0 amide bonds. The van der Waals surface area contributed by atoms with E-state index < -0.39 is 0 Å². The first-order chi connectivity index (χ1) is 7.35. The highest BCUT2D eigenvalue weighted by molar-refractivity contribution is 4.67. The highest BCUT2D eigenvalue weighted by Gasteiger charge is 2.06. The standard InChI is InChI=1S/C15H30/c1-4-7-10-11-14-15(12-8-5-2)13-9-6-3/h4,15H,1,5-14H2,2-3H3. The van der Waals surface area contributed by atoms with E-state index in [0.29, 0.717) is 0 Å². The second-order valence-electron chi connectivity index (χ2n) is 4.72. The lowest BCUT2D eigenvalue weighted by atomic mass is 9.91. The van der Waals surface area contributed by atoms with Crippen molar-refractivity contribution in [3.05, 3.63) is 12.7 Å². The van der Waals surface area contributed by atoms with Crippen LogP contribution in [-0.4, -0.2) is 0 Å². The lowest BCUT2D eigenvalue weighted by Crippen LogP contribution is -2.00. The molecular weight excluding hydrogens is 180 g/mol. The minimum absolute atomic E-state index is 1.01. The smallest absolute Gasteiger partial charge is 0.0353 e. The molecule has 0 aromatic carbocycles. The van der Waals surface area contributed by atoms with E-state index in [-0.39, 0.29) is 0 Å². The van der Waals surface area contributed by atoms with Crippen LogP contribution in [0.5, 0.6) is 0 Å². The zero-order valence-electron chi connectivity index (χ0n) is 10.9. The molecule has 0 aromatic rings. The molecule has 15 heavy (non-hydrogen) atoms. The zero-order valence-corrected chi connectivity index (χ0v) is 10.9. The van der Waals surface area contributed by atoms with Crippen LogP contribution in [0.3, 0.4) is 0 Å². The summed E-state index contributed by atoms with van der Waals surface area (Å²) in [7, 11) is 0. The Balaban J connectivity index is 3.53. The summed E-state index contributed by atoms with van der Waals surface area (Å²) in [5.41, 5.74) is 0. The van der Waals surface area contributed by atoms with Crippen molar-refractivity contribution in [1.82, 2.24) is 0 Å². The molecule has 0 aliphatic rings. The van der Waals surface area contributed by atoms with Gasteiger partial charge in [-0.3, -0.25) is 0 Å². The van der Waals surface area contributed by atoms with E-state index in [1.165, 1.54) is 64.2 Å². The van der Waals surface area contributed by atoms with Gasteiger partial charge in [0.15, 0.2) is 0 Å². The van der Waals surface area contributed by atoms with Crippen LogP contribution in [-0.2, 0) is 0 Å². The second kappa shape index (κ2) is 11.8. The molecule has 0 aliphatic carbocycles. The molecule has 0 aliphatic heterocycles. The van der Waals surface area contributed by atoms with E-state index in [0.717, 1.165) is 5.92 Å². The van der Waals surface area contributed by atoms with Crippen LogP contribution in [0.15, 0.2) is 12.7 Å². The molecule has 0 fully saturated rings. The Morgan fingerprint density at radius 3 is 1.87 bits per heavy atom. The topological polar surface area (TPSA) is 0 Å². The van der Waals surface area contributed by atoms with Gasteiger partial charge in [0, 0.05) is 0 Å². The van der Waals surface area contributed by atoms with Gasteiger partial charge < -0.3 is 0 Å². The highest BCUT2D eigenvalue weighted by Crippen LogP contribution is 2.22. The molecule has 0 spiro atoms. The molecule has 0 aromatic heterocycles. The fourth-order valence-electron chi connectivity index (χ4n) is 2.14. The van der Waals surface area contributed by atoms with Gasteiger partial charge in [-0.25, -0.2) is 0 Å². The molecule has 0 heteroatoms. The van der Waals surface area contributed by atoms with Crippen LogP contribution in [0.1, 0.15) is 78.1 Å². The first kappa shape index (κ1) is 14.7. The Kier molecular flexibility index (Phi) is 11.6. The molecule has 0 atom stereocenters. The van der Waals surface area contributed by atoms with E-state index in [2.05, 4.69) is 20.4 Å². The molecule has 0 unspecified atom stereocenters. The fourth-order valence-corrected chi connectivity index (χ4v) is 2.14. The van der Waals surface area contributed by atoms with Crippen molar-refractivity contribution >= 4 is 0 Å². The maximum Gasteiger partial charge on any atom is -0.0353 e. The van der Waals surface area contributed by atoms with Crippen LogP contribution in [0.2, 0.25) is 0 Å². The molecule has 0 radical (unpaired) electrons. The number of hydrogen-bond donors (Lipinski definition) is 0. The van der Waals surface area contributed by atoms with Gasteiger partial charge >= 0.3 is 0 Å². The number of unbranched alkanes of at least 4 members (excludes halogenated alkanes) is 4. The van der Waals surface area contributed by atoms with Crippen LogP contribution >= 0.6 is 0 Å². The van der Waals surface area contributed by atoms with Crippen LogP contribution < -0.4 is 0 Å². The Hall–Kier alpha value is -0.260. The summed E-state index contributed by atoms with van der Waals surface area (Å²) in [5.74, 6) is 1.01. The first-order valence-electron chi connectivity index (χ1n) is 6.96. The molecule has 0 rings (SSSR count). The predicted molar refractivity (Wildman–Crippen MR) is 71.2 cm³/mol. The summed E-state index contributed by atoms with van der Waals surface area (Å²) in [6.45, 7) is 8.38. The summed E-state index contributed by atoms with van der Waals surface area (Å²) < 4.78 is 0. The third-order valence-corrected chi connectivity index (χ3v) is 3.20. The third-order valence-electron chi connectivity index (χ3n) is 3.20.